The van der Waals surface area contributed by atoms with E-state index in [9.17, 15) is 9.59 Å². The third-order valence-electron chi connectivity index (χ3n) is 7.86. The second-order valence-electron chi connectivity index (χ2n) is 10.0. The molecule has 3 aliphatic heterocycles. The Balaban J connectivity index is 1.58. The Morgan fingerprint density at radius 3 is 2.47 bits per heavy atom. The molecule has 4 heterocycles. The first-order valence-electron chi connectivity index (χ1n) is 13.3. The molecule has 200 valence electrons. The minimum Gasteiger partial charge on any atom is -0.497 e. The van der Waals surface area contributed by atoms with Gasteiger partial charge in [-0.15, -0.1) is 0 Å². The molecule has 1 N–H and O–H groups in total. The van der Waals surface area contributed by atoms with Gasteiger partial charge in [0.05, 0.1) is 44.5 Å². The molecule has 0 unspecified atom stereocenters. The SMILES string of the molecule is COc1cccc([C@@]2(c3cc(C(=O)N4CCOCC4)cc4c(=O)cc(N5CCOCC5)oc34)CCCN2)c1. The highest BCUT2D eigenvalue weighted by Gasteiger charge is 2.41. The average Bonchev–Trinajstić information content (AvgIpc) is 3.48. The van der Waals surface area contributed by atoms with Crippen LogP contribution in [0.25, 0.3) is 11.0 Å². The van der Waals surface area contributed by atoms with E-state index >= 15 is 0 Å². The summed E-state index contributed by atoms with van der Waals surface area (Å²) in [5.74, 6) is 1.17. The highest BCUT2D eigenvalue weighted by Crippen LogP contribution is 2.43. The topological polar surface area (TPSA) is 93.5 Å². The molecule has 1 aromatic heterocycles. The van der Waals surface area contributed by atoms with E-state index in [1.54, 1.807) is 24.1 Å². The number of hydrogen-bond acceptors (Lipinski definition) is 8. The summed E-state index contributed by atoms with van der Waals surface area (Å²) in [6, 6.07) is 13.1. The molecule has 3 aromatic rings. The lowest BCUT2D eigenvalue weighted by molar-refractivity contribution is 0.0303. The van der Waals surface area contributed by atoms with Crippen molar-refractivity contribution < 1.29 is 23.4 Å². The lowest BCUT2D eigenvalue weighted by Crippen LogP contribution is -2.41. The summed E-state index contributed by atoms with van der Waals surface area (Å²) >= 11 is 0. The third-order valence-corrected chi connectivity index (χ3v) is 7.86. The zero-order valence-corrected chi connectivity index (χ0v) is 21.7. The number of methoxy groups -OCH3 is 1. The second kappa shape index (κ2) is 10.4. The van der Waals surface area contributed by atoms with E-state index in [0.29, 0.717) is 75.0 Å². The van der Waals surface area contributed by atoms with Crippen LogP contribution >= 0.6 is 0 Å². The predicted octanol–water partition coefficient (Wildman–Crippen LogP) is 2.74. The molecule has 1 amide bonds. The zero-order chi connectivity index (χ0) is 26.1. The van der Waals surface area contributed by atoms with Gasteiger partial charge in [-0.25, -0.2) is 0 Å². The second-order valence-corrected chi connectivity index (χ2v) is 10.0. The van der Waals surface area contributed by atoms with Gasteiger partial charge < -0.3 is 33.7 Å². The maximum atomic E-state index is 13.7. The standard InChI is InChI=1S/C29H33N3O6/c1-35-22-5-2-4-21(18-22)29(6-3-7-30-29)24-17-20(28(34)32-10-14-37-15-11-32)16-23-25(33)19-26(38-27(23)24)31-8-12-36-13-9-31/h2,4-5,16-19,30H,3,6-15H2,1H3/t29-/m1/s1. The Labute approximate surface area is 221 Å². The van der Waals surface area contributed by atoms with Crippen LogP contribution in [0.4, 0.5) is 5.88 Å². The Morgan fingerprint density at radius 2 is 1.76 bits per heavy atom. The van der Waals surface area contributed by atoms with Gasteiger partial charge in [0.2, 0.25) is 0 Å². The number of fused-ring (bicyclic) bond motifs is 1. The number of rotatable bonds is 5. The van der Waals surface area contributed by atoms with Crippen LogP contribution < -0.4 is 20.4 Å². The molecule has 0 aliphatic carbocycles. The average molecular weight is 520 g/mol. The summed E-state index contributed by atoms with van der Waals surface area (Å²) in [6.07, 6.45) is 1.73. The van der Waals surface area contributed by atoms with Gasteiger partial charge in [0.25, 0.3) is 5.91 Å². The van der Waals surface area contributed by atoms with Crippen molar-refractivity contribution in [1.29, 1.82) is 0 Å². The van der Waals surface area contributed by atoms with E-state index in [1.165, 1.54) is 0 Å². The maximum Gasteiger partial charge on any atom is 0.254 e. The Hall–Kier alpha value is -3.40. The largest absolute Gasteiger partial charge is 0.497 e. The van der Waals surface area contributed by atoms with E-state index in [2.05, 4.69) is 11.4 Å². The number of nitrogens with one attached hydrogen (secondary N) is 1. The molecular formula is C29H33N3O6. The molecule has 0 saturated carbocycles. The van der Waals surface area contributed by atoms with Crippen LogP contribution in [-0.2, 0) is 15.0 Å². The predicted molar refractivity (Wildman–Crippen MR) is 143 cm³/mol. The number of anilines is 1. The van der Waals surface area contributed by atoms with Crippen LogP contribution in [0.1, 0.15) is 34.3 Å². The summed E-state index contributed by atoms with van der Waals surface area (Å²) in [4.78, 5) is 31.1. The van der Waals surface area contributed by atoms with Crippen molar-refractivity contribution in [2.24, 2.45) is 0 Å². The molecule has 0 radical (unpaired) electrons. The van der Waals surface area contributed by atoms with Crippen LogP contribution in [0.2, 0.25) is 0 Å². The smallest absolute Gasteiger partial charge is 0.254 e. The first kappa shape index (κ1) is 24.9. The highest BCUT2D eigenvalue weighted by molar-refractivity contribution is 5.99. The van der Waals surface area contributed by atoms with Gasteiger partial charge in [0, 0.05) is 43.4 Å². The third kappa shape index (κ3) is 4.44. The monoisotopic (exact) mass is 519 g/mol. The highest BCUT2D eigenvalue weighted by atomic mass is 16.5. The summed E-state index contributed by atoms with van der Waals surface area (Å²) < 4.78 is 23.1. The summed E-state index contributed by atoms with van der Waals surface area (Å²) in [6.45, 7) is 5.32. The molecule has 0 bridgehead atoms. The Kier molecular flexibility index (Phi) is 6.82. The number of benzene rings is 2. The lowest BCUT2D eigenvalue weighted by Gasteiger charge is -2.33. The molecule has 9 nitrogen and oxygen atoms in total. The fourth-order valence-corrected chi connectivity index (χ4v) is 5.84. The molecule has 1 atom stereocenters. The Morgan fingerprint density at radius 1 is 1.00 bits per heavy atom. The molecule has 9 heteroatoms. The number of carbonyl (C=O) groups excluding carboxylic acids is 1. The first-order chi connectivity index (χ1) is 18.6. The van der Waals surface area contributed by atoms with Crippen molar-refractivity contribution >= 4 is 22.8 Å². The molecule has 2 aromatic carbocycles. The molecule has 3 saturated heterocycles. The van der Waals surface area contributed by atoms with Crippen molar-refractivity contribution in [2.75, 3.05) is 71.2 Å². The van der Waals surface area contributed by atoms with Crippen molar-refractivity contribution in [3.63, 3.8) is 0 Å². The van der Waals surface area contributed by atoms with E-state index in [-0.39, 0.29) is 11.3 Å². The Bertz CT molecular complexity index is 1380. The van der Waals surface area contributed by atoms with Crippen molar-refractivity contribution in [3.05, 3.63) is 69.4 Å². The molecular weight excluding hydrogens is 486 g/mol. The molecule has 3 fully saturated rings. The fraction of sp³-hybridized carbons (Fsp3) is 0.448. The fourth-order valence-electron chi connectivity index (χ4n) is 5.84. The number of ether oxygens (including phenoxy) is 3. The summed E-state index contributed by atoms with van der Waals surface area (Å²) in [5, 5.41) is 4.12. The van der Waals surface area contributed by atoms with Gasteiger partial charge in [-0.3, -0.25) is 9.59 Å². The van der Waals surface area contributed by atoms with Gasteiger partial charge in [0.15, 0.2) is 11.3 Å². The van der Waals surface area contributed by atoms with Crippen molar-refractivity contribution in [2.45, 2.75) is 18.4 Å². The van der Waals surface area contributed by atoms with Crippen LogP contribution in [0, 0.1) is 0 Å². The quantitative estimate of drug-likeness (QED) is 0.550. The number of amides is 1. The van der Waals surface area contributed by atoms with Crippen LogP contribution in [0.15, 0.2) is 51.7 Å². The van der Waals surface area contributed by atoms with E-state index in [4.69, 9.17) is 18.6 Å². The zero-order valence-electron chi connectivity index (χ0n) is 21.7. The van der Waals surface area contributed by atoms with Gasteiger partial charge in [0.1, 0.15) is 11.3 Å². The molecule has 0 spiro atoms. The first-order valence-corrected chi connectivity index (χ1v) is 13.3. The lowest BCUT2D eigenvalue weighted by atomic mass is 9.80. The molecule has 6 rings (SSSR count). The van der Waals surface area contributed by atoms with Gasteiger partial charge in [-0.2, -0.15) is 0 Å². The minimum absolute atomic E-state index is 0.105. The minimum atomic E-state index is -0.645. The number of carbonyl (C=O) groups is 1. The van der Waals surface area contributed by atoms with E-state index in [1.807, 2.05) is 29.2 Å². The summed E-state index contributed by atoms with van der Waals surface area (Å²) in [7, 11) is 1.65. The van der Waals surface area contributed by atoms with Gasteiger partial charge >= 0.3 is 0 Å². The van der Waals surface area contributed by atoms with Crippen LogP contribution in [0.3, 0.4) is 0 Å². The normalized spacial score (nSPS) is 22.1. The van der Waals surface area contributed by atoms with E-state index < -0.39 is 5.54 Å². The van der Waals surface area contributed by atoms with Crippen LogP contribution in [0.5, 0.6) is 5.75 Å². The van der Waals surface area contributed by atoms with Crippen molar-refractivity contribution in [3.8, 4) is 5.75 Å². The molecule has 3 aliphatic rings. The van der Waals surface area contributed by atoms with Gasteiger partial charge in [-0.1, -0.05) is 12.1 Å². The van der Waals surface area contributed by atoms with Crippen LogP contribution in [-0.4, -0.2) is 77.1 Å². The maximum absolute atomic E-state index is 13.7. The summed E-state index contributed by atoms with van der Waals surface area (Å²) in [5.41, 5.74) is 1.99. The van der Waals surface area contributed by atoms with E-state index in [0.717, 1.165) is 36.3 Å². The number of hydrogen-bond donors (Lipinski definition) is 1. The number of morpholine rings is 2. The van der Waals surface area contributed by atoms with Crippen molar-refractivity contribution in [1.82, 2.24) is 10.2 Å². The number of nitrogens with zero attached hydrogens (tertiary/aromatic N) is 2. The van der Waals surface area contributed by atoms with Gasteiger partial charge in [-0.05, 0) is 49.2 Å². The molecule has 38 heavy (non-hydrogen) atoms.